The van der Waals surface area contributed by atoms with E-state index in [0.717, 1.165) is 25.9 Å². The van der Waals surface area contributed by atoms with Crippen LogP contribution in [-0.4, -0.2) is 35.2 Å². The minimum atomic E-state index is -0.0546. The van der Waals surface area contributed by atoms with Crippen molar-refractivity contribution in [2.24, 2.45) is 0 Å². The Morgan fingerprint density at radius 3 is 2.92 bits per heavy atom. The summed E-state index contributed by atoms with van der Waals surface area (Å²) in [5.74, 6) is 1.71. The molecule has 1 aliphatic rings. The summed E-state index contributed by atoms with van der Waals surface area (Å²) in [6.45, 7) is 4.05. The fraction of sp³-hybridized carbons (Fsp3) is 0.471. The number of nitrogens with one attached hydrogen (secondary N) is 2. The van der Waals surface area contributed by atoms with Crippen LogP contribution in [-0.2, 0) is 13.0 Å². The Hall–Kier alpha value is -2.41. The first-order valence-electron chi connectivity index (χ1n) is 8.30. The summed E-state index contributed by atoms with van der Waals surface area (Å²) in [5.41, 5.74) is 0.626. The van der Waals surface area contributed by atoms with Gasteiger partial charge in [0.15, 0.2) is 6.61 Å². The quantitative estimate of drug-likeness (QED) is 0.838. The van der Waals surface area contributed by atoms with Gasteiger partial charge in [-0.2, -0.15) is 4.98 Å². The molecule has 2 N–H and O–H groups in total. The third kappa shape index (κ3) is 4.32. The topological polar surface area (TPSA) is 89.3 Å². The van der Waals surface area contributed by atoms with Gasteiger partial charge in [-0.3, -0.25) is 4.79 Å². The highest BCUT2D eigenvalue weighted by atomic mass is 16.5. The zero-order chi connectivity index (χ0) is 16.8. The third-order valence-electron chi connectivity index (χ3n) is 3.93. The normalized spacial score (nSPS) is 17.5. The molecular weight excluding hydrogens is 308 g/mol. The van der Waals surface area contributed by atoms with Crippen LogP contribution in [0.5, 0.6) is 5.75 Å². The van der Waals surface area contributed by atoms with Crippen LogP contribution in [0.25, 0.3) is 0 Å². The molecule has 1 fully saturated rings. The molecule has 1 saturated heterocycles. The van der Waals surface area contributed by atoms with Crippen LogP contribution < -0.4 is 15.4 Å². The number of piperidine rings is 1. The molecule has 2 heterocycles. The highest BCUT2D eigenvalue weighted by Crippen LogP contribution is 2.14. The Morgan fingerprint density at radius 1 is 1.42 bits per heavy atom. The van der Waals surface area contributed by atoms with Crippen molar-refractivity contribution in [1.29, 1.82) is 0 Å². The maximum Gasteiger partial charge on any atom is 0.251 e. The van der Waals surface area contributed by atoms with E-state index in [1.165, 1.54) is 0 Å². The van der Waals surface area contributed by atoms with E-state index in [1.54, 1.807) is 24.3 Å². The van der Waals surface area contributed by atoms with Crippen molar-refractivity contribution in [2.45, 2.75) is 38.8 Å². The predicted octanol–water partition coefficient (Wildman–Crippen LogP) is 1.69. The Morgan fingerprint density at radius 2 is 2.25 bits per heavy atom. The number of amides is 1. The molecule has 128 valence electrons. The van der Waals surface area contributed by atoms with Gasteiger partial charge in [-0.25, -0.2) is 0 Å². The molecule has 2 aromatic rings. The molecular formula is C17H22N4O3. The fourth-order valence-electron chi connectivity index (χ4n) is 2.59. The molecule has 1 aliphatic heterocycles. The third-order valence-corrected chi connectivity index (χ3v) is 3.93. The SMILES string of the molecule is CCc1nc(COc2ccc(C(=O)NC3CCCNC3)cc2)no1. The van der Waals surface area contributed by atoms with Crippen molar-refractivity contribution in [2.75, 3.05) is 13.1 Å². The first kappa shape index (κ1) is 16.4. The second kappa shape index (κ2) is 7.92. The lowest BCUT2D eigenvalue weighted by molar-refractivity contribution is 0.0930. The Bertz CT molecular complexity index is 663. The molecule has 0 spiro atoms. The van der Waals surface area contributed by atoms with Gasteiger partial charge in [-0.15, -0.1) is 0 Å². The van der Waals surface area contributed by atoms with Crippen molar-refractivity contribution in [3.05, 3.63) is 41.5 Å². The number of rotatable bonds is 6. The molecule has 0 radical (unpaired) electrons. The lowest BCUT2D eigenvalue weighted by Crippen LogP contribution is -2.45. The molecule has 0 aliphatic carbocycles. The fourth-order valence-corrected chi connectivity index (χ4v) is 2.59. The average Bonchev–Trinajstić information content (AvgIpc) is 3.09. The standard InChI is InChI=1S/C17H22N4O3/c1-2-16-20-15(21-24-16)11-23-14-7-5-12(6-8-14)17(22)19-13-4-3-9-18-10-13/h5-8,13,18H,2-4,9-11H2,1H3,(H,19,22). The molecule has 7 heteroatoms. The summed E-state index contributed by atoms with van der Waals surface area (Å²) in [5, 5.41) is 10.2. The Labute approximate surface area is 140 Å². The molecule has 1 aromatic heterocycles. The van der Waals surface area contributed by atoms with E-state index in [0.29, 0.717) is 29.4 Å². The Balaban J connectivity index is 1.51. The molecule has 0 saturated carbocycles. The van der Waals surface area contributed by atoms with Gasteiger partial charge in [0, 0.05) is 24.6 Å². The van der Waals surface area contributed by atoms with Crippen molar-refractivity contribution in [1.82, 2.24) is 20.8 Å². The van der Waals surface area contributed by atoms with Gasteiger partial charge < -0.3 is 19.9 Å². The van der Waals surface area contributed by atoms with Crippen molar-refractivity contribution >= 4 is 5.91 Å². The number of ether oxygens (including phenoxy) is 1. The van der Waals surface area contributed by atoms with E-state index < -0.39 is 0 Å². The van der Waals surface area contributed by atoms with Crippen LogP contribution in [0.4, 0.5) is 0 Å². The highest BCUT2D eigenvalue weighted by Gasteiger charge is 2.16. The van der Waals surface area contributed by atoms with Gasteiger partial charge in [-0.05, 0) is 43.7 Å². The smallest absolute Gasteiger partial charge is 0.251 e. The molecule has 0 bridgehead atoms. The van der Waals surface area contributed by atoms with Crippen LogP contribution in [0.2, 0.25) is 0 Å². The van der Waals surface area contributed by atoms with Gasteiger partial charge in [0.25, 0.3) is 5.91 Å². The van der Waals surface area contributed by atoms with Gasteiger partial charge in [0.2, 0.25) is 11.7 Å². The van der Waals surface area contributed by atoms with Crippen molar-refractivity contribution in [3.8, 4) is 5.75 Å². The van der Waals surface area contributed by atoms with Crippen molar-refractivity contribution < 1.29 is 14.1 Å². The largest absolute Gasteiger partial charge is 0.485 e. The minimum absolute atomic E-state index is 0.0546. The van der Waals surface area contributed by atoms with E-state index >= 15 is 0 Å². The molecule has 1 aromatic carbocycles. The monoisotopic (exact) mass is 330 g/mol. The first-order chi connectivity index (χ1) is 11.7. The molecule has 1 amide bonds. The molecule has 1 atom stereocenters. The van der Waals surface area contributed by atoms with Gasteiger partial charge >= 0.3 is 0 Å². The second-order valence-electron chi connectivity index (χ2n) is 5.79. The number of aromatic nitrogens is 2. The zero-order valence-electron chi connectivity index (χ0n) is 13.7. The zero-order valence-corrected chi connectivity index (χ0v) is 13.7. The maximum atomic E-state index is 12.2. The minimum Gasteiger partial charge on any atom is -0.485 e. The number of carbonyl (C=O) groups is 1. The van der Waals surface area contributed by atoms with Crippen molar-refractivity contribution in [3.63, 3.8) is 0 Å². The van der Waals surface area contributed by atoms with Crippen LogP contribution in [0.1, 0.15) is 41.8 Å². The summed E-state index contributed by atoms with van der Waals surface area (Å²) < 4.78 is 10.6. The Kier molecular flexibility index (Phi) is 5.43. The van der Waals surface area contributed by atoms with Gasteiger partial charge in [-0.1, -0.05) is 12.1 Å². The van der Waals surface area contributed by atoms with Crippen LogP contribution in [0.3, 0.4) is 0 Å². The summed E-state index contributed by atoms with van der Waals surface area (Å²) in [7, 11) is 0. The van der Waals surface area contributed by atoms with Crippen LogP contribution in [0, 0.1) is 0 Å². The predicted molar refractivity (Wildman–Crippen MR) is 87.8 cm³/mol. The lowest BCUT2D eigenvalue weighted by atomic mass is 10.1. The number of hydrogen-bond acceptors (Lipinski definition) is 6. The van der Waals surface area contributed by atoms with Crippen LogP contribution in [0.15, 0.2) is 28.8 Å². The summed E-state index contributed by atoms with van der Waals surface area (Å²) in [4.78, 5) is 16.4. The van der Waals surface area contributed by atoms with Gasteiger partial charge in [0.05, 0.1) is 0 Å². The first-order valence-corrected chi connectivity index (χ1v) is 8.30. The van der Waals surface area contributed by atoms with E-state index in [2.05, 4.69) is 20.8 Å². The second-order valence-corrected chi connectivity index (χ2v) is 5.79. The number of hydrogen-bond donors (Lipinski definition) is 2. The van der Waals surface area contributed by atoms with Crippen LogP contribution >= 0.6 is 0 Å². The summed E-state index contributed by atoms with van der Waals surface area (Å²) in [6, 6.07) is 7.26. The van der Waals surface area contributed by atoms with E-state index in [-0.39, 0.29) is 18.6 Å². The van der Waals surface area contributed by atoms with E-state index in [1.807, 2.05) is 6.92 Å². The van der Waals surface area contributed by atoms with E-state index in [9.17, 15) is 4.79 Å². The number of nitrogens with zero attached hydrogens (tertiary/aromatic N) is 2. The maximum absolute atomic E-state index is 12.2. The highest BCUT2D eigenvalue weighted by molar-refractivity contribution is 5.94. The summed E-state index contributed by atoms with van der Waals surface area (Å²) in [6.07, 6.45) is 2.81. The molecule has 1 unspecified atom stereocenters. The molecule has 3 rings (SSSR count). The molecule has 24 heavy (non-hydrogen) atoms. The lowest BCUT2D eigenvalue weighted by Gasteiger charge is -2.23. The number of carbonyl (C=O) groups excluding carboxylic acids is 1. The average molecular weight is 330 g/mol. The van der Waals surface area contributed by atoms with Gasteiger partial charge in [0.1, 0.15) is 5.75 Å². The molecule has 7 nitrogen and oxygen atoms in total. The number of benzene rings is 1. The van der Waals surface area contributed by atoms with E-state index in [4.69, 9.17) is 9.26 Å². The number of aryl methyl sites for hydroxylation is 1. The summed E-state index contributed by atoms with van der Waals surface area (Å²) >= 11 is 0.